The van der Waals surface area contributed by atoms with Crippen LogP contribution in [-0.4, -0.2) is 36.7 Å². The van der Waals surface area contributed by atoms with Crippen molar-refractivity contribution in [2.24, 2.45) is 0 Å². The monoisotopic (exact) mass is 405 g/mol. The van der Waals surface area contributed by atoms with Gasteiger partial charge in [-0.3, -0.25) is 9.59 Å². The standard InChI is InChI=1S/C20H23N3O2S.ClH/c1-14-6-8-15(9-7-14)22-19(24)13-26-18-5-3-2-4-17(18)20(25)23-16-10-11-21-12-16;/h2-9,16,21H,10-13H2,1H3,(H,22,24)(H,23,25);1H. The number of halogens is 1. The molecule has 5 nitrogen and oxygen atoms in total. The third kappa shape index (κ3) is 6.27. The van der Waals surface area contributed by atoms with Gasteiger partial charge in [-0.1, -0.05) is 29.8 Å². The molecule has 1 aliphatic rings. The molecular formula is C20H24ClN3O2S. The Morgan fingerprint density at radius 2 is 1.89 bits per heavy atom. The van der Waals surface area contributed by atoms with Gasteiger partial charge < -0.3 is 16.0 Å². The Balaban J connectivity index is 0.00000261. The second-order valence-electron chi connectivity index (χ2n) is 6.36. The maximum Gasteiger partial charge on any atom is 0.252 e. The van der Waals surface area contributed by atoms with Crippen LogP contribution in [0.25, 0.3) is 0 Å². The number of hydrogen-bond acceptors (Lipinski definition) is 4. The Bertz CT molecular complexity index is 777. The van der Waals surface area contributed by atoms with Crippen molar-refractivity contribution in [1.29, 1.82) is 0 Å². The van der Waals surface area contributed by atoms with Crippen LogP contribution in [0.4, 0.5) is 5.69 Å². The zero-order valence-electron chi connectivity index (χ0n) is 15.2. The van der Waals surface area contributed by atoms with Gasteiger partial charge in [-0.25, -0.2) is 0 Å². The van der Waals surface area contributed by atoms with Gasteiger partial charge in [-0.2, -0.15) is 0 Å². The Morgan fingerprint density at radius 1 is 1.15 bits per heavy atom. The average Bonchev–Trinajstić information content (AvgIpc) is 3.15. The molecule has 2 aromatic carbocycles. The van der Waals surface area contributed by atoms with Gasteiger partial charge in [0, 0.05) is 23.2 Å². The van der Waals surface area contributed by atoms with Crippen LogP contribution in [0.5, 0.6) is 0 Å². The summed E-state index contributed by atoms with van der Waals surface area (Å²) in [6, 6.07) is 15.3. The Hall–Kier alpha value is -2.02. The first kappa shape index (κ1) is 21.3. The summed E-state index contributed by atoms with van der Waals surface area (Å²) in [7, 11) is 0. The summed E-state index contributed by atoms with van der Waals surface area (Å²) in [6.45, 7) is 3.74. The first-order valence-corrected chi connectivity index (χ1v) is 9.70. The Morgan fingerprint density at radius 3 is 2.59 bits per heavy atom. The molecule has 1 fully saturated rings. The third-order valence-electron chi connectivity index (χ3n) is 4.22. The van der Waals surface area contributed by atoms with Crippen molar-refractivity contribution in [2.75, 3.05) is 24.2 Å². The number of amides is 2. The number of anilines is 1. The Kier molecular flexibility index (Phi) is 8.16. The van der Waals surface area contributed by atoms with E-state index >= 15 is 0 Å². The van der Waals surface area contributed by atoms with Gasteiger partial charge in [-0.05, 0) is 44.2 Å². The molecule has 2 amide bonds. The van der Waals surface area contributed by atoms with Gasteiger partial charge in [-0.15, -0.1) is 24.2 Å². The molecule has 1 saturated heterocycles. The molecule has 0 spiro atoms. The minimum absolute atomic E-state index is 0. The quantitative estimate of drug-likeness (QED) is 0.645. The van der Waals surface area contributed by atoms with Crippen molar-refractivity contribution in [3.05, 3.63) is 59.7 Å². The molecule has 27 heavy (non-hydrogen) atoms. The predicted octanol–water partition coefficient (Wildman–Crippen LogP) is 3.24. The number of carbonyl (C=O) groups excluding carboxylic acids is 2. The van der Waals surface area contributed by atoms with Crippen molar-refractivity contribution >= 4 is 41.7 Å². The van der Waals surface area contributed by atoms with Crippen LogP contribution in [0, 0.1) is 6.92 Å². The smallest absolute Gasteiger partial charge is 0.252 e. The van der Waals surface area contributed by atoms with Gasteiger partial charge in [0.15, 0.2) is 0 Å². The molecule has 0 bridgehead atoms. The molecule has 2 aromatic rings. The second kappa shape index (κ2) is 10.3. The minimum Gasteiger partial charge on any atom is -0.348 e. The van der Waals surface area contributed by atoms with E-state index < -0.39 is 0 Å². The van der Waals surface area contributed by atoms with E-state index in [1.165, 1.54) is 11.8 Å². The van der Waals surface area contributed by atoms with Crippen molar-refractivity contribution in [2.45, 2.75) is 24.3 Å². The lowest BCUT2D eigenvalue weighted by Crippen LogP contribution is -2.36. The zero-order chi connectivity index (χ0) is 18.4. The highest BCUT2D eigenvalue weighted by molar-refractivity contribution is 8.00. The third-order valence-corrected chi connectivity index (χ3v) is 5.29. The van der Waals surface area contributed by atoms with Crippen LogP contribution in [0.1, 0.15) is 22.3 Å². The molecule has 144 valence electrons. The number of aryl methyl sites for hydroxylation is 1. The molecular weight excluding hydrogens is 382 g/mol. The van der Waals surface area contributed by atoms with E-state index in [0.29, 0.717) is 5.56 Å². The van der Waals surface area contributed by atoms with Crippen LogP contribution >= 0.6 is 24.2 Å². The molecule has 1 heterocycles. The summed E-state index contributed by atoms with van der Waals surface area (Å²) in [4.78, 5) is 25.5. The molecule has 0 aromatic heterocycles. The average molecular weight is 406 g/mol. The summed E-state index contributed by atoms with van der Waals surface area (Å²) in [5.41, 5.74) is 2.54. The fraction of sp³-hybridized carbons (Fsp3) is 0.300. The number of carbonyl (C=O) groups is 2. The highest BCUT2D eigenvalue weighted by atomic mass is 35.5. The highest BCUT2D eigenvalue weighted by Crippen LogP contribution is 2.23. The molecule has 0 radical (unpaired) electrons. The van der Waals surface area contributed by atoms with Crippen LogP contribution in [0.15, 0.2) is 53.4 Å². The normalized spacial score (nSPS) is 15.7. The summed E-state index contributed by atoms with van der Waals surface area (Å²) in [5, 5.41) is 9.17. The minimum atomic E-state index is -0.0888. The summed E-state index contributed by atoms with van der Waals surface area (Å²) in [6.07, 6.45) is 0.944. The fourth-order valence-corrected chi connectivity index (χ4v) is 3.65. The van der Waals surface area contributed by atoms with E-state index in [-0.39, 0.29) is 36.0 Å². The summed E-state index contributed by atoms with van der Waals surface area (Å²) >= 11 is 1.38. The van der Waals surface area contributed by atoms with Crippen molar-refractivity contribution in [3.8, 4) is 0 Å². The zero-order valence-corrected chi connectivity index (χ0v) is 16.8. The van der Waals surface area contributed by atoms with E-state index in [1.54, 1.807) is 6.07 Å². The largest absolute Gasteiger partial charge is 0.348 e. The number of hydrogen-bond donors (Lipinski definition) is 3. The lowest BCUT2D eigenvalue weighted by molar-refractivity contribution is -0.113. The highest BCUT2D eigenvalue weighted by Gasteiger charge is 2.19. The van der Waals surface area contributed by atoms with E-state index in [0.717, 1.165) is 35.7 Å². The van der Waals surface area contributed by atoms with Crippen molar-refractivity contribution < 1.29 is 9.59 Å². The second-order valence-corrected chi connectivity index (χ2v) is 7.38. The maximum absolute atomic E-state index is 12.5. The van der Waals surface area contributed by atoms with Gasteiger partial charge in [0.05, 0.1) is 11.3 Å². The van der Waals surface area contributed by atoms with E-state index in [1.807, 2.05) is 49.4 Å². The maximum atomic E-state index is 12.5. The van der Waals surface area contributed by atoms with Gasteiger partial charge in [0.1, 0.15) is 0 Å². The summed E-state index contributed by atoms with van der Waals surface area (Å²) < 4.78 is 0. The summed E-state index contributed by atoms with van der Waals surface area (Å²) in [5.74, 6) is 0.0816. The lowest BCUT2D eigenvalue weighted by Gasteiger charge is -2.14. The van der Waals surface area contributed by atoms with Crippen molar-refractivity contribution in [3.63, 3.8) is 0 Å². The van der Waals surface area contributed by atoms with Gasteiger partial charge >= 0.3 is 0 Å². The van der Waals surface area contributed by atoms with Crippen molar-refractivity contribution in [1.82, 2.24) is 10.6 Å². The van der Waals surface area contributed by atoms with E-state index in [2.05, 4.69) is 16.0 Å². The molecule has 1 aliphatic heterocycles. The van der Waals surface area contributed by atoms with E-state index in [4.69, 9.17) is 0 Å². The molecule has 1 unspecified atom stereocenters. The van der Waals surface area contributed by atoms with Gasteiger partial charge in [0.25, 0.3) is 5.91 Å². The van der Waals surface area contributed by atoms with Gasteiger partial charge in [0.2, 0.25) is 5.91 Å². The molecule has 0 saturated carbocycles. The Labute approximate surface area is 170 Å². The van der Waals surface area contributed by atoms with Crippen LogP contribution < -0.4 is 16.0 Å². The first-order chi connectivity index (χ1) is 12.6. The van der Waals surface area contributed by atoms with Crippen LogP contribution in [0.2, 0.25) is 0 Å². The van der Waals surface area contributed by atoms with E-state index in [9.17, 15) is 9.59 Å². The lowest BCUT2D eigenvalue weighted by atomic mass is 10.2. The molecule has 0 aliphatic carbocycles. The molecule has 1 atom stereocenters. The molecule has 3 N–H and O–H groups in total. The number of rotatable bonds is 6. The SMILES string of the molecule is Cc1ccc(NC(=O)CSc2ccccc2C(=O)NC2CCNC2)cc1.Cl. The van der Waals surface area contributed by atoms with Crippen LogP contribution in [0.3, 0.4) is 0 Å². The molecule has 7 heteroatoms. The molecule has 3 rings (SSSR count). The predicted molar refractivity (Wildman–Crippen MR) is 113 cm³/mol. The number of thioether (sulfide) groups is 1. The topological polar surface area (TPSA) is 70.2 Å². The first-order valence-electron chi connectivity index (χ1n) is 8.72. The number of nitrogens with one attached hydrogen (secondary N) is 3. The van der Waals surface area contributed by atoms with Crippen LogP contribution in [-0.2, 0) is 4.79 Å². The fourth-order valence-electron chi connectivity index (χ4n) is 2.80. The number of benzene rings is 2.